The first-order valence-corrected chi connectivity index (χ1v) is 11.6. The number of allylic oxidation sites excluding steroid dienone is 3. The predicted molar refractivity (Wildman–Crippen MR) is 118 cm³/mol. The molecule has 0 unspecified atom stereocenters. The minimum absolute atomic E-state index is 0.130. The molecule has 150 valence electrons. The van der Waals surface area contributed by atoms with Gasteiger partial charge in [0, 0.05) is 30.2 Å². The lowest BCUT2D eigenvalue weighted by molar-refractivity contribution is -0.121. The highest BCUT2D eigenvalue weighted by molar-refractivity contribution is 8.23. The molecule has 2 aliphatic rings. The summed E-state index contributed by atoms with van der Waals surface area (Å²) in [5, 5.41) is 0.804. The second-order valence-electron chi connectivity index (χ2n) is 6.23. The van der Waals surface area contributed by atoms with E-state index in [0.717, 1.165) is 23.3 Å². The summed E-state index contributed by atoms with van der Waals surface area (Å²) in [5.74, 6) is -0.315. The molecular weight excluding hydrogens is 414 g/mol. The molecule has 6 nitrogen and oxygen atoms in total. The van der Waals surface area contributed by atoms with E-state index in [1.807, 2.05) is 19.1 Å². The highest BCUT2D eigenvalue weighted by Gasteiger charge is 2.35. The van der Waals surface area contributed by atoms with Crippen molar-refractivity contribution in [1.82, 2.24) is 14.4 Å². The fourth-order valence-corrected chi connectivity index (χ4v) is 6.36. The minimum Gasteiger partial charge on any atom is -0.339 e. The van der Waals surface area contributed by atoms with E-state index in [1.165, 1.54) is 26.8 Å². The topological polar surface area (TPSA) is 62.6 Å². The second kappa shape index (κ2) is 8.34. The highest BCUT2D eigenvalue weighted by atomic mass is 32.2. The number of aromatic nitrogens is 1. The van der Waals surface area contributed by atoms with Crippen molar-refractivity contribution in [2.24, 2.45) is 0 Å². The maximum atomic E-state index is 12.9. The Hall–Kier alpha value is -1.71. The molecule has 2 amide bonds. The van der Waals surface area contributed by atoms with E-state index in [0.29, 0.717) is 27.2 Å². The summed E-state index contributed by atoms with van der Waals surface area (Å²) in [7, 11) is 0. The van der Waals surface area contributed by atoms with Crippen LogP contribution in [-0.2, 0) is 11.3 Å². The van der Waals surface area contributed by atoms with Crippen molar-refractivity contribution in [2.45, 2.75) is 41.2 Å². The Balaban J connectivity index is 2.12. The van der Waals surface area contributed by atoms with Gasteiger partial charge in [-0.2, -0.15) is 0 Å². The maximum absolute atomic E-state index is 12.9. The molecular formula is C19H23N3O3S3. The third-order valence-electron chi connectivity index (χ3n) is 4.72. The number of rotatable bonds is 4. The summed E-state index contributed by atoms with van der Waals surface area (Å²) >= 11 is 3.88. The Morgan fingerprint density at radius 1 is 0.893 bits per heavy atom. The van der Waals surface area contributed by atoms with Crippen LogP contribution >= 0.6 is 34.9 Å². The average Bonchev–Trinajstić information content (AvgIpc) is 3.24. The molecule has 0 aliphatic carbocycles. The number of thiazole rings is 1. The van der Waals surface area contributed by atoms with Crippen LogP contribution in [-0.4, -0.2) is 38.6 Å². The first-order valence-electron chi connectivity index (χ1n) is 9.16. The lowest BCUT2D eigenvalue weighted by atomic mass is 10.4. The lowest BCUT2D eigenvalue weighted by Gasteiger charge is -2.18. The quantitative estimate of drug-likeness (QED) is 0.722. The van der Waals surface area contributed by atoms with Crippen molar-refractivity contribution < 1.29 is 9.59 Å². The molecule has 1 saturated heterocycles. The number of amides is 2. The van der Waals surface area contributed by atoms with E-state index in [4.69, 9.17) is 0 Å². The molecule has 0 bridgehead atoms. The van der Waals surface area contributed by atoms with Gasteiger partial charge < -0.3 is 4.90 Å². The van der Waals surface area contributed by atoms with Crippen molar-refractivity contribution in [3.05, 3.63) is 41.3 Å². The summed E-state index contributed by atoms with van der Waals surface area (Å²) in [6, 6.07) is 0. The zero-order chi connectivity index (χ0) is 20.6. The van der Waals surface area contributed by atoms with Gasteiger partial charge in [0.2, 0.25) is 0 Å². The largest absolute Gasteiger partial charge is 0.339 e. The van der Waals surface area contributed by atoms with E-state index in [9.17, 15) is 14.4 Å². The molecule has 2 aliphatic heterocycles. The molecule has 3 heterocycles. The smallest absolute Gasteiger partial charge is 0.293 e. The standard InChI is InChI=1S/C19H23N3O3S3/c1-6-20-11(4)12(5)26-14(20)10-9-13-16(23)21(7-2)18(27-13)15-17(24)22(8-3)19(25)28-15/h9-10H,6-8H2,1-5H3/b13-9-,14-10+,18-15+. The monoisotopic (exact) mass is 437 g/mol. The third-order valence-corrected chi connectivity index (χ3v) is 8.13. The number of hydrogen-bond acceptors (Lipinski definition) is 7. The summed E-state index contributed by atoms with van der Waals surface area (Å²) in [5.41, 5.74) is 1.10. The van der Waals surface area contributed by atoms with E-state index >= 15 is 0 Å². The molecule has 1 aromatic rings. The van der Waals surface area contributed by atoms with E-state index in [1.54, 1.807) is 23.3 Å². The second-order valence-corrected chi connectivity index (χ2v) is 9.45. The van der Waals surface area contributed by atoms with Crippen LogP contribution < -0.4 is 14.8 Å². The van der Waals surface area contributed by atoms with E-state index in [2.05, 4.69) is 25.7 Å². The van der Waals surface area contributed by atoms with Crippen molar-refractivity contribution in [1.29, 1.82) is 0 Å². The van der Waals surface area contributed by atoms with Crippen LogP contribution in [0.1, 0.15) is 34.6 Å². The number of carbonyl (C=O) groups excluding carboxylic acids is 2. The van der Waals surface area contributed by atoms with Gasteiger partial charge in [-0.05, 0) is 58.5 Å². The van der Waals surface area contributed by atoms with Gasteiger partial charge in [0.25, 0.3) is 16.7 Å². The summed E-state index contributed by atoms with van der Waals surface area (Å²) in [6.45, 7) is 11.6. The predicted octanol–water partition coefficient (Wildman–Crippen LogP) is 2.70. The van der Waals surface area contributed by atoms with Gasteiger partial charge in [-0.25, -0.2) is 0 Å². The van der Waals surface area contributed by atoms with Crippen molar-refractivity contribution in [3.63, 3.8) is 0 Å². The molecule has 0 N–H and O–H groups in total. The number of imide groups is 1. The molecule has 0 aromatic carbocycles. The van der Waals surface area contributed by atoms with Gasteiger partial charge in [0.15, 0.2) is 0 Å². The Bertz CT molecular complexity index is 1080. The van der Waals surface area contributed by atoms with Crippen LogP contribution in [0.3, 0.4) is 0 Å². The summed E-state index contributed by atoms with van der Waals surface area (Å²) < 4.78 is 2.70. The fourth-order valence-electron chi connectivity index (χ4n) is 3.09. The fraction of sp³-hybridized carbons (Fsp3) is 0.421. The molecule has 9 heteroatoms. The van der Waals surface area contributed by atoms with Crippen LogP contribution in [0.4, 0.5) is 4.79 Å². The van der Waals surface area contributed by atoms with Crippen LogP contribution in [0.2, 0.25) is 0 Å². The molecule has 0 radical (unpaired) electrons. The van der Waals surface area contributed by atoms with Gasteiger partial charge >= 0.3 is 0 Å². The Kier molecular flexibility index (Phi) is 6.26. The first kappa shape index (κ1) is 21.0. The van der Waals surface area contributed by atoms with Crippen molar-refractivity contribution >= 4 is 57.0 Å². The van der Waals surface area contributed by atoms with Crippen molar-refractivity contribution in [2.75, 3.05) is 13.1 Å². The van der Waals surface area contributed by atoms with Crippen LogP contribution in [0.25, 0.3) is 11.0 Å². The Morgan fingerprint density at radius 2 is 1.57 bits per heavy atom. The number of thioether (sulfide) groups is 2. The molecule has 28 heavy (non-hydrogen) atoms. The Labute approximate surface area is 176 Å². The number of nitrogens with zero attached hydrogens (tertiary/aromatic N) is 3. The zero-order valence-electron chi connectivity index (χ0n) is 16.6. The summed E-state index contributed by atoms with van der Waals surface area (Å²) in [6.07, 6.45) is 3.78. The molecule has 1 fully saturated rings. The van der Waals surface area contributed by atoms with Gasteiger partial charge in [0.05, 0.1) is 9.56 Å². The van der Waals surface area contributed by atoms with Gasteiger partial charge in [-0.1, -0.05) is 11.8 Å². The van der Waals surface area contributed by atoms with E-state index < -0.39 is 0 Å². The van der Waals surface area contributed by atoms with Gasteiger partial charge in [-0.15, -0.1) is 11.3 Å². The number of carbonyl (C=O) groups is 2. The zero-order valence-corrected chi connectivity index (χ0v) is 19.0. The highest BCUT2D eigenvalue weighted by Crippen LogP contribution is 2.40. The van der Waals surface area contributed by atoms with Crippen LogP contribution in [0.15, 0.2) is 26.5 Å². The molecule has 1 aromatic heterocycles. The van der Waals surface area contributed by atoms with Crippen molar-refractivity contribution in [3.8, 4) is 0 Å². The lowest BCUT2D eigenvalue weighted by Crippen LogP contribution is -2.33. The Morgan fingerprint density at radius 3 is 2.14 bits per heavy atom. The average molecular weight is 438 g/mol. The van der Waals surface area contributed by atoms with Crippen LogP contribution in [0, 0.1) is 0 Å². The van der Waals surface area contributed by atoms with E-state index in [-0.39, 0.29) is 16.7 Å². The van der Waals surface area contributed by atoms with Crippen LogP contribution in [0.5, 0.6) is 0 Å². The minimum atomic E-state index is -0.315. The van der Waals surface area contributed by atoms with Gasteiger partial charge in [-0.3, -0.25) is 23.9 Å². The summed E-state index contributed by atoms with van der Waals surface area (Å²) in [4.78, 5) is 42.5. The first-order chi connectivity index (χ1) is 13.3. The molecule has 0 spiro atoms. The van der Waals surface area contributed by atoms with Gasteiger partial charge in [0.1, 0.15) is 9.57 Å². The third kappa shape index (κ3) is 3.51. The maximum Gasteiger partial charge on any atom is 0.293 e. The molecule has 0 saturated carbocycles. The number of hydrogen-bond donors (Lipinski definition) is 0. The molecule has 0 atom stereocenters. The normalized spacial score (nSPS) is 21.9. The SMILES string of the molecule is CCN1C(=O)S/C(=c2/s/c(=C\C=C3\SC(C)=C(C)N3CC)c(=O)n2CC)C1=O. The molecule has 3 rings (SSSR count).